The van der Waals surface area contributed by atoms with E-state index in [1.165, 1.54) is 13.1 Å². The van der Waals surface area contributed by atoms with Gasteiger partial charge in [-0.3, -0.25) is 9.59 Å². The minimum absolute atomic E-state index is 0.117. The number of ketones is 1. The molecule has 0 radical (unpaired) electrons. The molecule has 18 heavy (non-hydrogen) atoms. The lowest BCUT2D eigenvalue weighted by Crippen LogP contribution is -2.15. The molecule has 1 aromatic heterocycles. The van der Waals surface area contributed by atoms with Gasteiger partial charge in [-0.1, -0.05) is 0 Å². The van der Waals surface area contributed by atoms with Gasteiger partial charge < -0.3 is 15.4 Å². The largest absolute Gasteiger partial charge is 0.383 e. The highest BCUT2D eigenvalue weighted by atomic mass is 16.5. The van der Waals surface area contributed by atoms with Gasteiger partial charge in [0.05, 0.1) is 24.9 Å². The summed E-state index contributed by atoms with van der Waals surface area (Å²) < 4.78 is 4.90. The lowest BCUT2D eigenvalue weighted by molar-refractivity contribution is -0.124. The van der Waals surface area contributed by atoms with E-state index in [9.17, 15) is 9.59 Å². The molecular weight excluding hydrogens is 234 g/mol. The van der Waals surface area contributed by atoms with Gasteiger partial charge in [0.1, 0.15) is 11.6 Å². The van der Waals surface area contributed by atoms with E-state index in [0.29, 0.717) is 24.7 Å². The van der Waals surface area contributed by atoms with E-state index >= 15 is 0 Å². The molecule has 0 bridgehead atoms. The van der Waals surface area contributed by atoms with Crippen molar-refractivity contribution in [2.45, 2.75) is 13.3 Å². The molecule has 1 aromatic rings. The first-order valence-corrected chi connectivity index (χ1v) is 5.60. The first kappa shape index (κ1) is 14.1. The zero-order valence-electron chi connectivity index (χ0n) is 10.5. The third-order valence-electron chi connectivity index (χ3n) is 2.07. The SMILES string of the molecule is COCCNc1ccc(NC(=O)CC(C)=O)cn1. The van der Waals surface area contributed by atoms with Crippen molar-refractivity contribution in [3.8, 4) is 0 Å². The van der Waals surface area contributed by atoms with Crippen LogP contribution >= 0.6 is 0 Å². The Kier molecular flexibility index (Phi) is 5.79. The molecule has 0 aliphatic heterocycles. The molecule has 0 spiro atoms. The molecule has 0 saturated carbocycles. The number of hydrogen-bond donors (Lipinski definition) is 2. The van der Waals surface area contributed by atoms with Crippen LogP contribution in [-0.4, -0.2) is 36.9 Å². The van der Waals surface area contributed by atoms with Crippen LogP contribution in [0.3, 0.4) is 0 Å². The average molecular weight is 251 g/mol. The topological polar surface area (TPSA) is 80.3 Å². The standard InChI is InChI=1S/C12H17N3O3/c1-9(16)7-12(17)15-10-3-4-11(14-8-10)13-5-6-18-2/h3-4,8H,5-7H2,1-2H3,(H,13,14)(H,15,17). The second-order valence-electron chi connectivity index (χ2n) is 3.78. The normalized spacial score (nSPS) is 9.89. The second kappa shape index (κ2) is 7.39. The Hall–Kier alpha value is -1.95. The van der Waals surface area contributed by atoms with Crippen LogP contribution in [0.25, 0.3) is 0 Å². The molecule has 0 saturated heterocycles. The van der Waals surface area contributed by atoms with Gasteiger partial charge in [-0.25, -0.2) is 4.98 Å². The highest BCUT2D eigenvalue weighted by Crippen LogP contribution is 2.09. The Labute approximate surface area is 106 Å². The van der Waals surface area contributed by atoms with Crippen molar-refractivity contribution in [3.05, 3.63) is 18.3 Å². The molecule has 0 atom stereocenters. The maximum Gasteiger partial charge on any atom is 0.231 e. The van der Waals surface area contributed by atoms with Gasteiger partial charge in [-0.15, -0.1) is 0 Å². The molecule has 1 amide bonds. The number of nitrogens with zero attached hydrogens (tertiary/aromatic N) is 1. The number of pyridine rings is 1. The molecule has 0 aliphatic rings. The average Bonchev–Trinajstić information content (AvgIpc) is 2.30. The van der Waals surface area contributed by atoms with E-state index in [1.807, 2.05) is 0 Å². The van der Waals surface area contributed by atoms with E-state index in [4.69, 9.17) is 4.74 Å². The number of carbonyl (C=O) groups is 2. The van der Waals surface area contributed by atoms with Gasteiger partial charge in [0.25, 0.3) is 0 Å². The monoisotopic (exact) mass is 251 g/mol. The third-order valence-corrected chi connectivity index (χ3v) is 2.07. The summed E-state index contributed by atoms with van der Waals surface area (Å²) in [6.45, 7) is 2.64. The van der Waals surface area contributed by atoms with Crippen LogP contribution in [0.5, 0.6) is 0 Å². The molecule has 2 N–H and O–H groups in total. The van der Waals surface area contributed by atoms with Crippen molar-refractivity contribution in [3.63, 3.8) is 0 Å². The zero-order chi connectivity index (χ0) is 13.4. The van der Waals surface area contributed by atoms with Crippen LogP contribution in [-0.2, 0) is 14.3 Å². The van der Waals surface area contributed by atoms with Gasteiger partial charge in [0.2, 0.25) is 5.91 Å². The first-order chi connectivity index (χ1) is 8.61. The van der Waals surface area contributed by atoms with Crippen LogP contribution in [0.2, 0.25) is 0 Å². The van der Waals surface area contributed by atoms with Crippen molar-refractivity contribution in [1.82, 2.24) is 4.98 Å². The maximum absolute atomic E-state index is 11.3. The summed E-state index contributed by atoms with van der Waals surface area (Å²) in [5, 5.41) is 5.65. The van der Waals surface area contributed by atoms with Gasteiger partial charge in [-0.05, 0) is 19.1 Å². The molecular formula is C12H17N3O3. The van der Waals surface area contributed by atoms with E-state index in [-0.39, 0.29) is 18.1 Å². The number of rotatable bonds is 7. The number of nitrogens with one attached hydrogen (secondary N) is 2. The Bertz CT molecular complexity index is 404. The van der Waals surface area contributed by atoms with Crippen LogP contribution in [0, 0.1) is 0 Å². The summed E-state index contributed by atoms with van der Waals surface area (Å²) in [6.07, 6.45) is 1.42. The maximum atomic E-state index is 11.3. The van der Waals surface area contributed by atoms with Crippen LogP contribution in [0.15, 0.2) is 18.3 Å². The van der Waals surface area contributed by atoms with Gasteiger partial charge in [0, 0.05) is 13.7 Å². The fourth-order valence-electron chi connectivity index (χ4n) is 1.28. The van der Waals surface area contributed by atoms with Crippen molar-refractivity contribution in [2.24, 2.45) is 0 Å². The van der Waals surface area contributed by atoms with Gasteiger partial charge in [0.15, 0.2) is 0 Å². The third kappa shape index (κ3) is 5.40. The molecule has 1 heterocycles. The Morgan fingerprint density at radius 3 is 2.72 bits per heavy atom. The number of ether oxygens (including phenoxy) is 1. The predicted molar refractivity (Wildman–Crippen MR) is 68.5 cm³/mol. The fraction of sp³-hybridized carbons (Fsp3) is 0.417. The number of aromatic nitrogens is 1. The smallest absolute Gasteiger partial charge is 0.231 e. The van der Waals surface area contributed by atoms with Gasteiger partial charge in [-0.2, -0.15) is 0 Å². The summed E-state index contributed by atoms with van der Waals surface area (Å²) in [5.41, 5.74) is 0.568. The molecule has 0 fully saturated rings. The van der Waals surface area contributed by atoms with E-state index in [0.717, 1.165) is 0 Å². The van der Waals surface area contributed by atoms with Crippen molar-refractivity contribution in [1.29, 1.82) is 0 Å². The van der Waals surface area contributed by atoms with Crippen molar-refractivity contribution in [2.75, 3.05) is 30.9 Å². The minimum atomic E-state index is -0.329. The predicted octanol–water partition coefficient (Wildman–Crippen LogP) is 1.06. The number of Topliss-reactive ketones (excluding diaryl/α,β-unsaturated/α-hetero) is 1. The number of hydrogen-bond acceptors (Lipinski definition) is 5. The lowest BCUT2D eigenvalue weighted by atomic mass is 10.3. The quantitative estimate of drug-likeness (QED) is 0.559. The number of amides is 1. The van der Waals surface area contributed by atoms with E-state index in [1.54, 1.807) is 19.2 Å². The summed E-state index contributed by atoms with van der Waals surface area (Å²) in [5.74, 6) is 0.208. The summed E-state index contributed by atoms with van der Waals surface area (Å²) in [7, 11) is 1.63. The lowest BCUT2D eigenvalue weighted by Gasteiger charge is -2.06. The Morgan fingerprint density at radius 2 is 2.17 bits per heavy atom. The molecule has 6 nitrogen and oxygen atoms in total. The van der Waals surface area contributed by atoms with Crippen LogP contribution < -0.4 is 10.6 Å². The van der Waals surface area contributed by atoms with E-state index in [2.05, 4.69) is 15.6 Å². The Morgan fingerprint density at radius 1 is 1.39 bits per heavy atom. The van der Waals surface area contributed by atoms with Gasteiger partial charge >= 0.3 is 0 Å². The Balaban J connectivity index is 2.44. The second-order valence-corrected chi connectivity index (χ2v) is 3.78. The van der Waals surface area contributed by atoms with Crippen molar-refractivity contribution >= 4 is 23.2 Å². The number of carbonyl (C=O) groups excluding carboxylic acids is 2. The fourth-order valence-corrected chi connectivity index (χ4v) is 1.28. The number of anilines is 2. The molecule has 98 valence electrons. The molecule has 6 heteroatoms. The first-order valence-electron chi connectivity index (χ1n) is 5.60. The summed E-state index contributed by atoms with van der Waals surface area (Å²) >= 11 is 0. The van der Waals surface area contributed by atoms with Crippen molar-refractivity contribution < 1.29 is 14.3 Å². The summed E-state index contributed by atoms with van der Waals surface area (Å²) in [4.78, 5) is 26.2. The summed E-state index contributed by atoms with van der Waals surface area (Å²) in [6, 6.07) is 3.47. The highest BCUT2D eigenvalue weighted by molar-refractivity contribution is 6.03. The molecule has 0 aliphatic carbocycles. The molecule has 0 unspecified atom stereocenters. The minimum Gasteiger partial charge on any atom is -0.383 e. The molecule has 1 rings (SSSR count). The van der Waals surface area contributed by atoms with Crippen LogP contribution in [0.1, 0.15) is 13.3 Å². The van der Waals surface area contributed by atoms with Crippen LogP contribution in [0.4, 0.5) is 11.5 Å². The highest BCUT2D eigenvalue weighted by Gasteiger charge is 2.05. The number of methoxy groups -OCH3 is 1. The van der Waals surface area contributed by atoms with E-state index < -0.39 is 0 Å². The molecule has 0 aromatic carbocycles. The zero-order valence-corrected chi connectivity index (χ0v) is 10.5.